The van der Waals surface area contributed by atoms with Crippen molar-refractivity contribution in [2.75, 3.05) is 0 Å². The Hall–Kier alpha value is -1.22. The Bertz CT molecular complexity index is 543. The van der Waals surface area contributed by atoms with Crippen molar-refractivity contribution in [1.29, 1.82) is 0 Å². The zero-order valence-corrected chi connectivity index (χ0v) is 11.2. The highest BCUT2D eigenvalue weighted by Crippen LogP contribution is 2.31. The molecule has 0 aliphatic carbocycles. The van der Waals surface area contributed by atoms with Crippen LogP contribution in [-0.4, -0.2) is 0 Å². The predicted octanol–water partition coefficient (Wildman–Crippen LogP) is 4.03. The van der Waals surface area contributed by atoms with Gasteiger partial charge in [0.15, 0.2) is 0 Å². The van der Waals surface area contributed by atoms with Crippen LogP contribution >= 0.6 is 23.2 Å². The minimum absolute atomic E-state index is 0.438. The lowest BCUT2D eigenvalue weighted by Crippen LogP contribution is -2.00. The number of nitrogens with two attached hydrogens (primary N) is 1. The lowest BCUT2D eigenvalue weighted by molar-refractivity contribution is 0.306. The van der Waals surface area contributed by atoms with Crippen LogP contribution in [-0.2, 0) is 13.2 Å². The van der Waals surface area contributed by atoms with E-state index in [1.807, 2.05) is 24.3 Å². The molecule has 0 atom stereocenters. The zero-order chi connectivity index (χ0) is 13.0. The molecule has 0 aromatic heterocycles. The highest BCUT2D eigenvalue weighted by atomic mass is 35.5. The molecule has 0 radical (unpaired) electrons. The van der Waals surface area contributed by atoms with Crippen LogP contribution in [0.5, 0.6) is 5.75 Å². The number of benzene rings is 2. The summed E-state index contributed by atoms with van der Waals surface area (Å²) in [6.07, 6.45) is 0. The third kappa shape index (κ3) is 3.16. The Balaban J connectivity index is 2.09. The number of halogens is 2. The van der Waals surface area contributed by atoms with Gasteiger partial charge in [-0.2, -0.15) is 0 Å². The number of hydrogen-bond donors (Lipinski definition) is 1. The van der Waals surface area contributed by atoms with Crippen molar-refractivity contribution >= 4 is 23.2 Å². The van der Waals surface area contributed by atoms with Gasteiger partial charge in [-0.05, 0) is 23.3 Å². The number of rotatable bonds is 4. The normalized spacial score (nSPS) is 10.4. The highest BCUT2D eigenvalue weighted by molar-refractivity contribution is 6.42. The molecule has 4 heteroatoms. The van der Waals surface area contributed by atoms with Gasteiger partial charge in [0, 0.05) is 6.54 Å². The Morgan fingerprint density at radius 3 is 2.50 bits per heavy atom. The largest absolute Gasteiger partial charge is 0.487 e. The Kier molecular flexibility index (Phi) is 4.48. The molecule has 0 fully saturated rings. The first-order valence-electron chi connectivity index (χ1n) is 5.55. The van der Waals surface area contributed by atoms with Gasteiger partial charge in [-0.3, -0.25) is 0 Å². The van der Waals surface area contributed by atoms with Gasteiger partial charge in [-0.1, -0.05) is 53.5 Å². The van der Waals surface area contributed by atoms with Crippen molar-refractivity contribution in [3.05, 3.63) is 63.6 Å². The van der Waals surface area contributed by atoms with Gasteiger partial charge in [0.05, 0.1) is 5.02 Å². The quantitative estimate of drug-likeness (QED) is 0.918. The molecular weight excluding hydrogens is 269 g/mol. The second-order valence-corrected chi connectivity index (χ2v) is 4.65. The van der Waals surface area contributed by atoms with Gasteiger partial charge in [0.25, 0.3) is 0 Å². The van der Waals surface area contributed by atoms with E-state index in [0.29, 0.717) is 28.9 Å². The summed E-state index contributed by atoms with van der Waals surface area (Å²) >= 11 is 12.0. The van der Waals surface area contributed by atoms with Crippen molar-refractivity contribution < 1.29 is 4.74 Å². The lowest BCUT2D eigenvalue weighted by atomic mass is 10.1. The van der Waals surface area contributed by atoms with Gasteiger partial charge in [-0.15, -0.1) is 0 Å². The van der Waals surface area contributed by atoms with E-state index >= 15 is 0 Å². The third-order valence-corrected chi connectivity index (χ3v) is 3.34. The fourth-order valence-corrected chi connectivity index (χ4v) is 1.95. The van der Waals surface area contributed by atoms with E-state index in [9.17, 15) is 0 Å². The molecule has 2 nitrogen and oxygen atoms in total. The predicted molar refractivity (Wildman–Crippen MR) is 75.1 cm³/mol. The average molecular weight is 282 g/mol. The van der Waals surface area contributed by atoms with Crippen LogP contribution in [0.15, 0.2) is 42.5 Å². The van der Waals surface area contributed by atoms with Crippen LogP contribution in [0.4, 0.5) is 0 Å². The molecule has 0 bridgehead atoms. The Morgan fingerprint density at radius 2 is 1.72 bits per heavy atom. The summed E-state index contributed by atoms with van der Waals surface area (Å²) < 4.78 is 5.65. The molecule has 0 saturated heterocycles. The summed E-state index contributed by atoms with van der Waals surface area (Å²) in [5.41, 5.74) is 7.72. The first-order valence-corrected chi connectivity index (χ1v) is 6.31. The second-order valence-electron chi connectivity index (χ2n) is 3.86. The molecule has 0 aliphatic heterocycles. The fourth-order valence-electron chi connectivity index (χ4n) is 1.60. The molecule has 2 aromatic rings. The van der Waals surface area contributed by atoms with Crippen LogP contribution in [0.1, 0.15) is 11.1 Å². The maximum absolute atomic E-state index is 6.04. The summed E-state index contributed by atoms with van der Waals surface area (Å²) in [4.78, 5) is 0. The minimum Gasteiger partial charge on any atom is -0.487 e. The minimum atomic E-state index is 0.438. The summed E-state index contributed by atoms with van der Waals surface area (Å²) in [5.74, 6) is 0.585. The van der Waals surface area contributed by atoms with Crippen LogP contribution in [0, 0.1) is 0 Å². The van der Waals surface area contributed by atoms with Crippen molar-refractivity contribution in [2.24, 2.45) is 5.73 Å². The monoisotopic (exact) mass is 281 g/mol. The van der Waals surface area contributed by atoms with E-state index < -0.39 is 0 Å². The molecule has 0 aliphatic rings. The fraction of sp³-hybridized carbons (Fsp3) is 0.143. The molecule has 2 N–H and O–H groups in total. The van der Waals surface area contributed by atoms with E-state index in [1.54, 1.807) is 18.2 Å². The summed E-state index contributed by atoms with van der Waals surface area (Å²) in [6, 6.07) is 13.3. The third-order valence-electron chi connectivity index (χ3n) is 2.54. The van der Waals surface area contributed by atoms with Crippen LogP contribution in [0.25, 0.3) is 0 Å². The standard InChI is InChI=1S/C14H13Cl2NO/c15-12-5-2-6-13(14(12)16)18-9-11-4-1-3-10(7-11)8-17/h1-7H,8-9,17H2. The molecule has 18 heavy (non-hydrogen) atoms. The van der Waals surface area contributed by atoms with Gasteiger partial charge in [0.1, 0.15) is 17.4 Å². The Morgan fingerprint density at radius 1 is 1.00 bits per heavy atom. The molecule has 0 unspecified atom stereocenters. The summed E-state index contributed by atoms with van der Waals surface area (Å²) in [7, 11) is 0. The van der Waals surface area contributed by atoms with Crippen molar-refractivity contribution in [2.45, 2.75) is 13.2 Å². The summed E-state index contributed by atoms with van der Waals surface area (Å²) in [6.45, 7) is 0.958. The smallest absolute Gasteiger partial charge is 0.139 e. The summed E-state index contributed by atoms with van der Waals surface area (Å²) in [5, 5.41) is 0.930. The van der Waals surface area contributed by atoms with E-state index in [2.05, 4.69) is 0 Å². The topological polar surface area (TPSA) is 35.2 Å². The first-order chi connectivity index (χ1) is 8.70. The lowest BCUT2D eigenvalue weighted by Gasteiger charge is -2.09. The van der Waals surface area contributed by atoms with Crippen molar-refractivity contribution in [1.82, 2.24) is 0 Å². The zero-order valence-electron chi connectivity index (χ0n) is 9.70. The molecule has 0 spiro atoms. The van der Waals surface area contributed by atoms with Gasteiger partial charge >= 0.3 is 0 Å². The molecular formula is C14H13Cl2NO. The van der Waals surface area contributed by atoms with E-state index in [4.69, 9.17) is 33.7 Å². The van der Waals surface area contributed by atoms with Crippen molar-refractivity contribution in [3.8, 4) is 5.75 Å². The van der Waals surface area contributed by atoms with Gasteiger partial charge < -0.3 is 10.5 Å². The average Bonchev–Trinajstić information content (AvgIpc) is 2.41. The number of hydrogen-bond acceptors (Lipinski definition) is 2. The highest BCUT2D eigenvalue weighted by Gasteiger charge is 2.05. The van der Waals surface area contributed by atoms with Gasteiger partial charge in [0.2, 0.25) is 0 Å². The second kappa shape index (κ2) is 6.10. The van der Waals surface area contributed by atoms with E-state index in [0.717, 1.165) is 11.1 Å². The molecule has 2 rings (SSSR count). The van der Waals surface area contributed by atoms with E-state index in [-0.39, 0.29) is 0 Å². The van der Waals surface area contributed by atoms with Crippen molar-refractivity contribution in [3.63, 3.8) is 0 Å². The molecule has 2 aromatic carbocycles. The maximum Gasteiger partial charge on any atom is 0.139 e. The van der Waals surface area contributed by atoms with Gasteiger partial charge in [-0.25, -0.2) is 0 Å². The molecule has 0 saturated carbocycles. The SMILES string of the molecule is NCc1cccc(COc2cccc(Cl)c2Cl)c1. The number of ether oxygens (including phenoxy) is 1. The van der Waals surface area contributed by atoms with Crippen LogP contribution < -0.4 is 10.5 Å². The van der Waals surface area contributed by atoms with Crippen LogP contribution in [0.3, 0.4) is 0 Å². The van der Waals surface area contributed by atoms with E-state index in [1.165, 1.54) is 0 Å². The maximum atomic E-state index is 6.04. The first kappa shape index (κ1) is 13.2. The molecule has 0 heterocycles. The molecule has 94 valence electrons. The van der Waals surface area contributed by atoms with Crippen LogP contribution in [0.2, 0.25) is 10.0 Å². The Labute approximate surface area is 116 Å². The molecule has 0 amide bonds.